The van der Waals surface area contributed by atoms with Crippen molar-refractivity contribution in [1.82, 2.24) is 0 Å². The van der Waals surface area contributed by atoms with Crippen LogP contribution >= 0.6 is 7.82 Å². The Kier molecular flexibility index (Phi) is 7.49. The van der Waals surface area contributed by atoms with E-state index >= 15 is 0 Å². The molecule has 1 aliphatic heterocycles. The number of phosphoric acid groups is 1. The van der Waals surface area contributed by atoms with Crippen LogP contribution in [0.5, 0.6) is 0 Å². The molecular weight excluding hydrogens is 305 g/mol. The molecule has 1 fully saturated rings. The smallest absolute Gasteiger partial charge is 0.347 e. The van der Waals surface area contributed by atoms with Crippen LogP contribution in [-0.4, -0.2) is 67.8 Å². The van der Waals surface area contributed by atoms with Crippen LogP contribution in [0, 0.1) is 0 Å². The fourth-order valence-corrected chi connectivity index (χ4v) is 1.38. The Labute approximate surface area is 123 Å². The van der Waals surface area contributed by atoms with E-state index < -0.39 is 32.0 Å². The Morgan fingerprint density at radius 2 is 1.57 bits per heavy atom. The molecule has 0 amide bonds. The fraction of sp³-hybridized carbons (Fsp3) is 0.818. The number of phosphoric ester groups is 1. The van der Waals surface area contributed by atoms with E-state index in [2.05, 4.69) is 14.0 Å². The number of likely N-dealkylation sites (N-methyl/N-ethyl adjacent to an activating group) is 1. The van der Waals surface area contributed by atoms with Crippen molar-refractivity contribution < 1.29 is 42.4 Å². The third-order valence-electron chi connectivity index (χ3n) is 2.27. The molecule has 1 aliphatic rings. The van der Waals surface area contributed by atoms with E-state index in [-0.39, 0.29) is 6.61 Å². The predicted molar refractivity (Wildman–Crippen MR) is 69.8 cm³/mol. The number of cyclic esters (lactones) is 2. The normalized spacial score (nSPS) is 25.1. The number of rotatable bonds is 4. The number of ether oxygens (including phenoxy) is 2. The molecule has 1 N–H and O–H groups in total. The first-order valence-electron chi connectivity index (χ1n) is 6.21. The van der Waals surface area contributed by atoms with Gasteiger partial charge in [0.2, 0.25) is 0 Å². The summed E-state index contributed by atoms with van der Waals surface area (Å²) >= 11 is 0. The van der Waals surface area contributed by atoms with Gasteiger partial charge >= 0.3 is 11.9 Å². The van der Waals surface area contributed by atoms with Crippen LogP contribution in [0.15, 0.2) is 0 Å². The summed E-state index contributed by atoms with van der Waals surface area (Å²) in [4.78, 5) is 39.6. The maximum atomic E-state index is 10.7. The minimum absolute atomic E-state index is 0.0147. The third-order valence-corrected chi connectivity index (χ3v) is 2.78. The van der Waals surface area contributed by atoms with Gasteiger partial charge in [0.1, 0.15) is 13.2 Å². The highest BCUT2D eigenvalue weighted by Gasteiger charge is 2.32. The van der Waals surface area contributed by atoms with Gasteiger partial charge in [-0.2, -0.15) is 0 Å². The topological polar surface area (TPSA) is 122 Å². The molecule has 0 bridgehead atoms. The Morgan fingerprint density at radius 3 is 1.86 bits per heavy atom. The molecule has 10 heteroatoms. The summed E-state index contributed by atoms with van der Waals surface area (Å²) in [6.07, 6.45) is -1.49. The molecule has 1 rings (SSSR count). The van der Waals surface area contributed by atoms with Gasteiger partial charge in [0.05, 0.1) is 21.1 Å². The van der Waals surface area contributed by atoms with Gasteiger partial charge < -0.3 is 28.3 Å². The van der Waals surface area contributed by atoms with Crippen LogP contribution in [0.3, 0.4) is 0 Å². The van der Waals surface area contributed by atoms with Crippen molar-refractivity contribution in [1.29, 1.82) is 0 Å². The van der Waals surface area contributed by atoms with E-state index in [4.69, 9.17) is 4.89 Å². The highest BCUT2D eigenvalue weighted by Crippen LogP contribution is 2.29. The molecule has 0 aliphatic carbocycles. The zero-order chi connectivity index (χ0) is 16.8. The molecule has 0 spiro atoms. The summed E-state index contributed by atoms with van der Waals surface area (Å²) in [7, 11) is 1.19. The van der Waals surface area contributed by atoms with Crippen molar-refractivity contribution in [3.8, 4) is 0 Å². The van der Waals surface area contributed by atoms with Crippen LogP contribution in [-0.2, 0) is 28.2 Å². The first-order valence-corrected chi connectivity index (χ1v) is 7.71. The molecule has 1 saturated heterocycles. The lowest BCUT2D eigenvalue weighted by atomic mass is 10.3. The molecule has 1 heterocycles. The highest BCUT2D eigenvalue weighted by atomic mass is 31.2. The second-order valence-electron chi connectivity index (χ2n) is 5.47. The molecule has 0 saturated carbocycles. The van der Waals surface area contributed by atoms with Crippen molar-refractivity contribution in [3.63, 3.8) is 0 Å². The van der Waals surface area contributed by atoms with Gasteiger partial charge in [0.25, 0.3) is 7.82 Å². The minimum atomic E-state index is -4.51. The van der Waals surface area contributed by atoms with Crippen LogP contribution in [0.1, 0.15) is 13.8 Å². The molecule has 0 radical (unpaired) electrons. The van der Waals surface area contributed by atoms with Crippen LogP contribution in [0.2, 0.25) is 0 Å². The van der Waals surface area contributed by atoms with Gasteiger partial charge in [-0.3, -0.25) is 4.57 Å². The number of carbonyl (C=O) groups is 2. The molecule has 0 aromatic carbocycles. The standard InChI is InChI=1S/C6H8O4.C5H14NO4P/c1-3-5(7)10-4(2)6(8)9-3;1-6(2,3)4-5-10-11(7,8)9/h3-4H,1-2H3;4-5H2,1-3H3,(H-,7,8,9). The minimum Gasteiger partial charge on any atom is -0.756 e. The summed E-state index contributed by atoms with van der Waals surface area (Å²) in [6.45, 7) is 3.51. The predicted octanol–water partition coefficient (Wildman–Crippen LogP) is -0.967. The maximum absolute atomic E-state index is 10.7. The van der Waals surface area contributed by atoms with Gasteiger partial charge in [-0.1, -0.05) is 0 Å². The van der Waals surface area contributed by atoms with Gasteiger partial charge in [-0.05, 0) is 13.8 Å². The van der Waals surface area contributed by atoms with Gasteiger partial charge in [0.15, 0.2) is 12.2 Å². The van der Waals surface area contributed by atoms with Crippen LogP contribution in [0.25, 0.3) is 0 Å². The number of quaternary nitrogens is 1. The van der Waals surface area contributed by atoms with E-state index in [0.717, 1.165) is 0 Å². The van der Waals surface area contributed by atoms with Crippen molar-refractivity contribution >= 4 is 19.8 Å². The van der Waals surface area contributed by atoms with E-state index in [1.165, 1.54) is 13.8 Å². The van der Waals surface area contributed by atoms with Crippen molar-refractivity contribution in [2.45, 2.75) is 26.1 Å². The van der Waals surface area contributed by atoms with Gasteiger partial charge in [-0.25, -0.2) is 9.59 Å². The fourth-order valence-electron chi connectivity index (χ4n) is 1.07. The average Bonchev–Trinajstić information content (AvgIpc) is 2.23. The first kappa shape index (κ1) is 20.0. The largest absolute Gasteiger partial charge is 0.756 e. The monoisotopic (exact) mass is 327 g/mol. The second-order valence-corrected chi connectivity index (χ2v) is 6.67. The molecule has 0 aromatic heterocycles. The van der Waals surface area contributed by atoms with E-state index in [1.807, 2.05) is 21.1 Å². The molecule has 0 aromatic rings. The lowest BCUT2D eigenvalue weighted by molar-refractivity contribution is -0.870. The van der Waals surface area contributed by atoms with Gasteiger partial charge in [-0.15, -0.1) is 0 Å². The zero-order valence-electron chi connectivity index (χ0n) is 12.8. The lowest BCUT2D eigenvalue weighted by Crippen LogP contribution is -2.40. The summed E-state index contributed by atoms with van der Waals surface area (Å²) in [6, 6.07) is 0. The Hall–Kier alpha value is -0.990. The average molecular weight is 327 g/mol. The highest BCUT2D eigenvalue weighted by molar-refractivity contribution is 7.44. The zero-order valence-corrected chi connectivity index (χ0v) is 13.7. The van der Waals surface area contributed by atoms with Gasteiger partial charge in [0, 0.05) is 0 Å². The number of hydrogen-bond donors (Lipinski definition) is 1. The van der Waals surface area contributed by atoms with Crippen molar-refractivity contribution in [2.75, 3.05) is 34.3 Å². The third kappa shape index (κ3) is 10.4. The van der Waals surface area contributed by atoms with Crippen molar-refractivity contribution in [2.24, 2.45) is 0 Å². The molecule has 3 atom stereocenters. The Bertz CT molecular complexity index is 393. The summed E-state index contributed by atoms with van der Waals surface area (Å²) in [5.41, 5.74) is 0. The van der Waals surface area contributed by atoms with Crippen molar-refractivity contribution in [3.05, 3.63) is 0 Å². The number of esters is 2. The van der Waals surface area contributed by atoms with Crippen LogP contribution in [0.4, 0.5) is 0 Å². The number of nitrogens with zero attached hydrogens (tertiary/aromatic N) is 1. The van der Waals surface area contributed by atoms with E-state index in [1.54, 1.807) is 0 Å². The molecule has 124 valence electrons. The molecule has 21 heavy (non-hydrogen) atoms. The summed E-state index contributed by atoms with van der Waals surface area (Å²) in [5.74, 6) is -0.959. The summed E-state index contributed by atoms with van der Waals surface area (Å²) < 4.78 is 24.0. The SMILES string of the molecule is CC1OC(=O)C(C)OC1=O.C[N+](C)(C)CCOP(=O)([O-])O. The van der Waals surface area contributed by atoms with E-state index in [9.17, 15) is 19.0 Å². The van der Waals surface area contributed by atoms with Crippen LogP contribution < -0.4 is 4.89 Å². The Morgan fingerprint density at radius 1 is 1.19 bits per heavy atom. The lowest BCUT2D eigenvalue weighted by Gasteiger charge is -2.25. The second kappa shape index (κ2) is 7.86. The quantitative estimate of drug-likeness (QED) is 0.398. The first-order chi connectivity index (χ1) is 9.32. The molecule has 9 nitrogen and oxygen atoms in total. The Balaban J connectivity index is 0.000000382. The summed E-state index contributed by atoms with van der Waals surface area (Å²) in [5, 5.41) is 0. The number of carbonyl (C=O) groups excluding carboxylic acids is 2. The van der Waals surface area contributed by atoms with E-state index in [0.29, 0.717) is 11.0 Å². The number of hydrogen-bond acceptors (Lipinski definition) is 7. The maximum Gasteiger partial charge on any atom is 0.347 e. The molecular formula is C11H22NO8P. The molecule has 3 unspecified atom stereocenters.